The largest absolute Gasteiger partial charge is 0.497 e. The molecule has 0 atom stereocenters. The Morgan fingerprint density at radius 1 is 1.23 bits per heavy atom. The first-order valence-electron chi connectivity index (χ1n) is 8.92. The lowest BCUT2D eigenvalue weighted by atomic mass is 10.1. The lowest BCUT2D eigenvalue weighted by Crippen LogP contribution is -2.36. The summed E-state index contributed by atoms with van der Waals surface area (Å²) in [5.41, 5.74) is 2.15. The van der Waals surface area contributed by atoms with Crippen molar-refractivity contribution >= 4 is 11.7 Å². The van der Waals surface area contributed by atoms with Gasteiger partial charge in [0.05, 0.1) is 20.3 Å². The highest BCUT2D eigenvalue weighted by Gasteiger charge is 2.13. The van der Waals surface area contributed by atoms with E-state index in [2.05, 4.69) is 21.3 Å². The van der Waals surface area contributed by atoms with Gasteiger partial charge in [-0.1, -0.05) is 12.1 Å². The molecule has 6 heteroatoms. The van der Waals surface area contributed by atoms with Crippen LogP contribution in [0.4, 0.5) is 5.82 Å². The molecule has 0 saturated carbocycles. The van der Waals surface area contributed by atoms with Gasteiger partial charge in [0.1, 0.15) is 11.6 Å². The van der Waals surface area contributed by atoms with E-state index in [9.17, 15) is 4.79 Å². The highest BCUT2D eigenvalue weighted by molar-refractivity contribution is 5.76. The zero-order valence-electron chi connectivity index (χ0n) is 15.1. The number of aryl methyl sites for hydroxylation is 1. The van der Waals surface area contributed by atoms with Crippen LogP contribution in [-0.4, -0.2) is 44.3 Å². The minimum atomic E-state index is 0.0394. The van der Waals surface area contributed by atoms with Crippen molar-refractivity contribution in [3.63, 3.8) is 0 Å². The van der Waals surface area contributed by atoms with Crippen LogP contribution in [0.1, 0.15) is 17.5 Å². The van der Waals surface area contributed by atoms with Crippen LogP contribution in [0.2, 0.25) is 0 Å². The van der Waals surface area contributed by atoms with Crippen molar-refractivity contribution in [2.45, 2.75) is 19.4 Å². The molecule has 1 aromatic heterocycles. The topological polar surface area (TPSA) is 63.7 Å². The SMILES string of the molecule is COc1cccc(CNC(=O)CCc2ccnc(N3CCOCC3)c2)c1. The molecule has 3 rings (SSSR count). The van der Waals surface area contributed by atoms with E-state index in [4.69, 9.17) is 9.47 Å². The highest BCUT2D eigenvalue weighted by Crippen LogP contribution is 2.16. The van der Waals surface area contributed by atoms with Gasteiger partial charge in [0.2, 0.25) is 5.91 Å². The first-order valence-corrected chi connectivity index (χ1v) is 8.92. The van der Waals surface area contributed by atoms with Crippen molar-refractivity contribution in [2.75, 3.05) is 38.3 Å². The molecule has 0 spiro atoms. The summed E-state index contributed by atoms with van der Waals surface area (Å²) >= 11 is 0. The third-order valence-electron chi connectivity index (χ3n) is 4.41. The van der Waals surface area contributed by atoms with Gasteiger partial charge >= 0.3 is 0 Å². The number of ether oxygens (including phenoxy) is 2. The molecule has 0 bridgehead atoms. The number of anilines is 1. The molecule has 0 radical (unpaired) electrons. The van der Waals surface area contributed by atoms with Crippen LogP contribution in [0.15, 0.2) is 42.6 Å². The van der Waals surface area contributed by atoms with E-state index in [0.717, 1.165) is 49.0 Å². The van der Waals surface area contributed by atoms with Gasteiger partial charge in [0, 0.05) is 32.3 Å². The van der Waals surface area contributed by atoms with Crippen molar-refractivity contribution in [1.82, 2.24) is 10.3 Å². The molecule has 0 aliphatic carbocycles. The van der Waals surface area contributed by atoms with Crippen LogP contribution in [0.3, 0.4) is 0 Å². The number of rotatable bonds is 7. The summed E-state index contributed by atoms with van der Waals surface area (Å²) in [6, 6.07) is 11.8. The normalized spacial score (nSPS) is 14.1. The van der Waals surface area contributed by atoms with Crippen LogP contribution in [0, 0.1) is 0 Å². The number of nitrogens with one attached hydrogen (secondary N) is 1. The van der Waals surface area contributed by atoms with Crippen molar-refractivity contribution in [3.8, 4) is 5.75 Å². The lowest BCUT2D eigenvalue weighted by Gasteiger charge is -2.28. The molecule has 138 valence electrons. The molecule has 1 aromatic carbocycles. The fraction of sp³-hybridized carbons (Fsp3) is 0.400. The Bertz CT molecular complexity index is 730. The minimum Gasteiger partial charge on any atom is -0.497 e. The minimum absolute atomic E-state index is 0.0394. The van der Waals surface area contributed by atoms with Gasteiger partial charge in [0.25, 0.3) is 0 Å². The number of benzene rings is 1. The number of pyridine rings is 1. The zero-order chi connectivity index (χ0) is 18.2. The van der Waals surface area contributed by atoms with Crippen LogP contribution in [0.5, 0.6) is 5.75 Å². The molecule has 26 heavy (non-hydrogen) atoms. The third kappa shape index (κ3) is 5.20. The lowest BCUT2D eigenvalue weighted by molar-refractivity contribution is -0.121. The van der Waals surface area contributed by atoms with Crippen molar-refractivity contribution in [1.29, 1.82) is 0 Å². The molecule has 1 N–H and O–H groups in total. The molecule has 6 nitrogen and oxygen atoms in total. The summed E-state index contributed by atoms with van der Waals surface area (Å²) in [5.74, 6) is 1.80. The van der Waals surface area contributed by atoms with Gasteiger partial charge in [-0.2, -0.15) is 0 Å². The van der Waals surface area contributed by atoms with Crippen LogP contribution in [-0.2, 0) is 22.5 Å². The quantitative estimate of drug-likeness (QED) is 0.825. The van der Waals surface area contributed by atoms with Gasteiger partial charge in [-0.15, -0.1) is 0 Å². The number of carbonyl (C=O) groups excluding carboxylic acids is 1. The third-order valence-corrected chi connectivity index (χ3v) is 4.41. The molecule has 1 fully saturated rings. The van der Waals surface area contributed by atoms with E-state index in [1.54, 1.807) is 7.11 Å². The number of aromatic nitrogens is 1. The average Bonchev–Trinajstić information content (AvgIpc) is 2.72. The monoisotopic (exact) mass is 355 g/mol. The molecular formula is C20H25N3O3. The number of methoxy groups -OCH3 is 1. The standard InChI is InChI=1S/C20H25N3O3/c1-25-18-4-2-3-17(13-18)15-22-20(24)6-5-16-7-8-21-19(14-16)23-9-11-26-12-10-23/h2-4,7-8,13-14H,5-6,9-12,15H2,1H3,(H,22,24). The molecule has 1 saturated heterocycles. The highest BCUT2D eigenvalue weighted by atomic mass is 16.5. The van der Waals surface area contributed by atoms with E-state index in [1.165, 1.54) is 0 Å². The van der Waals surface area contributed by atoms with Crippen LogP contribution >= 0.6 is 0 Å². The van der Waals surface area contributed by atoms with Gasteiger partial charge < -0.3 is 19.7 Å². The Morgan fingerprint density at radius 3 is 2.88 bits per heavy atom. The molecule has 2 heterocycles. The number of hydrogen-bond donors (Lipinski definition) is 1. The molecule has 0 unspecified atom stereocenters. The van der Waals surface area contributed by atoms with Gasteiger partial charge in [-0.05, 0) is 41.8 Å². The first kappa shape index (κ1) is 18.2. The summed E-state index contributed by atoms with van der Waals surface area (Å²) in [7, 11) is 1.64. The zero-order valence-corrected chi connectivity index (χ0v) is 15.1. The second kappa shape index (κ2) is 9.20. The molecule has 2 aromatic rings. The number of hydrogen-bond acceptors (Lipinski definition) is 5. The van der Waals surface area contributed by atoms with Crippen molar-refractivity contribution in [3.05, 3.63) is 53.7 Å². The molecule has 1 amide bonds. The van der Waals surface area contributed by atoms with E-state index < -0.39 is 0 Å². The van der Waals surface area contributed by atoms with Crippen molar-refractivity contribution < 1.29 is 14.3 Å². The number of morpholine rings is 1. The van der Waals surface area contributed by atoms with Crippen molar-refractivity contribution in [2.24, 2.45) is 0 Å². The second-order valence-corrected chi connectivity index (χ2v) is 6.25. The van der Waals surface area contributed by atoms with Gasteiger partial charge in [-0.25, -0.2) is 4.98 Å². The fourth-order valence-corrected chi connectivity index (χ4v) is 2.91. The Hall–Kier alpha value is -2.60. The summed E-state index contributed by atoms with van der Waals surface area (Å²) in [5, 5.41) is 2.96. The average molecular weight is 355 g/mol. The second-order valence-electron chi connectivity index (χ2n) is 6.25. The predicted octanol–water partition coefficient (Wildman–Crippen LogP) is 2.18. The van der Waals surface area contributed by atoms with Crippen LogP contribution in [0.25, 0.3) is 0 Å². The Kier molecular flexibility index (Phi) is 6.44. The number of amides is 1. The Labute approximate surface area is 154 Å². The first-order chi connectivity index (χ1) is 12.7. The summed E-state index contributed by atoms with van der Waals surface area (Å²) in [6.45, 7) is 3.69. The Morgan fingerprint density at radius 2 is 2.08 bits per heavy atom. The number of carbonyl (C=O) groups is 1. The van der Waals surface area contributed by atoms with Gasteiger partial charge in [-0.3, -0.25) is 4.79 Å². The maximum absolute atomic E-state index is 12.1. The molecule has 1 aliphatic heterocycles. The molecular weight excluding hydrogens is 330 g/mol. The fourth-order valence-electron chi connectivity index (χ4n) is 2.91. The molecule has 1 aliphatic rings. The van der Waals surface area contributed by atoms with E-state index in [-0.39, 0.29) is 5.91 Å². The van der Waals surface area contributed by atoms with E-state index >= 15 is 0 Å². The summed E-state index contributed by atoms with van der Waals surface area (Å²) in [4.78, 5) is 18.8. The maximum atomic E-state index is 12.1. The summed E-state index contributed by atoms with van der Waals surface area (Å²) < 4.78 is 10.6. The van der Waals surface area contributed by atoms with E-state index in [1.807, 2.05) is 36.5 Å². The van der Waals surface area contributed by atoms with Crippen LogP contribution < -0.4 is 15.0 Å². The predicted molar refractivity (Wildman–Crippen MR) is 100 cm³/mol. The maximum Gasteiger partial charge on any atom is 0.220 e. The summed E-state index contributed by atoms with van der Waals surface area (Å²) in [6.07, 6.45) is 2.97. The van der Waals surface area contributed by atoms with Gasteiger partial charge in [0.15, 0.2) is 0 Å². The Balaban J connectivity index is 1.48. The number of nitrogens with zero attached hydrogens (tertiary/aromatic N) is 2. The van der Waals surface area contributed by atoms with E-state index in [0.29, 0.717) is 19.4 Å². The smallest absolute Gasteiger partial charge is 0.220 e.